The topological polar surface area (TPSA) is 73.1 Å². The van der Waals surface area contributed by atoms with Crippen LogP contribution in [0.2, 0.25) is 0 Å². The zero-order chi connectivity index (χ0) is 24.2. The summed E-state index contributed by atoms with van der Waals surface area (Å²) >= 11 is 0. The number of aryl methyl sites for hydroxylation is 1. The van der Waals surface area contributed by atoms with Crippen molar-refractivity contribution in [3.05, 3.63) is 84.3 Å². The highest BCUT2D eigenvalue weighted by Gasteiger charge is 2.26. The van der Waals surface area contributed by atoms with Crippen molar-refractivity contribution in [3.8, 4) is 28.4 Å². The van der Waals surface area contributed by atoms with Gasteiger partial charge in [0.2, 0.25) is 11.8 Å². The summed E-state index contributed by atoms with van der Waals surface area (Å²) in [6.45, 7) is 3.68. The van der Waals surface area contributed by atoms with Crippen LogP contribution in [0.3, 0.4) is 0 Å². The van der Waals surface area contributed by atoms with Gasteiger partial charge in [0.15, 0.2) is 0 Å². The molecule has 0 unspecified atom stereocenters. The Hall–Kier alpha value is -4.00. The zero-order valence-corrected chi connectivity index (χ0v) is 20.1. The Balaban J connectivity index is 1.33. The molecule has 0 bridgehead atoms. The third-order valence-corrected chi connectivity index (χ3v) is 6.59. The number of hydrogen-bond donors (Lipinski definition) is 0. The van der Waals surface area contributed by atoms with E-state index in [9.17, 15) is 4.79 Å². The molecule has 35 heavy (non-hydrogen) atoms. The van der Waals surface area contributed by atoms with Crippen molar-refractivity contribution >= 4 is 5.91 Å². The molecule has 0 aliphatic carbocycles. The minimum absolute atomic E-state index is 0.0831. The fourth-order valence-electron chi connectivity index (χ4n) is 4.67. The number of benzene rings is 2. The van der Waals surface area contributed by atoms with Crippen molar-refractivity contribution in [2.24, 2.45) is 0 Å². The minimum Gasteiger partial charge on any atom is -0.481 e. The average molecular weight is 468 g/mol. The molecular formula is C28H29N5O2. The van der Waals surface area contributed by atoms with E-state index < -0.39 is 0 Å². The molecule has 0 radical (unpaired) electrons. The smallest absolute Gasteiger partial charge is 0.244 e. The van der Waals surface area contributed by atoms with Gasteiger partial charge in [-0.2, -0.15) is 5.10 Å². The first-order valence-electron chi connectivity index (χ1n) is 11.9. The number of piperidine rings is 1. The molecule has 1 saturated heterocycles. The van der Waals surface area contributed by atoms with Crippen LogP contribution in [0.15, 0.2) is 73.1 Å². The fourth-order valence-corrected chi connectivity index (χ4v) is 4.67. The Bertz CT molecular complexity index is 1310. The highest BCUT2D eigenvalue weighted by molar-refractivity contribution is 5.78. The van der Waals surface area contributed by atoms with Crippen molar-refractivity contribution in [2.75, 3.05) is 20.2 Å². The normalized spacial score (nSPS) is 14.2. The number of hydrogen-bond acceptors (Lipinski definition) is 5. The van der Waals surface area contributed by atoms with E-state index in [0.717, 1.165) is 41.1 Å². The van der Waals surface area contributed by atoms with Gasteiger partial charge in [0, 0.05) is 30.6 Å². The summed E-state index contributed by atoms with van der Waals surface area (Å²) in [6, 6.07) is 22.4. The predicted octanol–water partition coefficient (Wildman–Crippen LogP) is 4.73. The molecule has 5 rings (SSSR count). The van der Waals surface area contributed by atoms with Crippen LogP contribution in [-0.4, -0.2) is 50.8 Å². The predicted molar refractivity (Wildman–Crippen MR) is 135 cm³/mol. The van der Waals surface area contributed by atoms with Gasteiger partial charge < -0.3 is 9.64 Å². The Morgan fingerprint density at radius 2 is 1.74 bits per heavy atom. The molecule has 0 saturated carbocycles. The van der Waals surface area contributed by atoms with E-state index in [2.05, 4.69) is 53.3 Å². The molecule has 3 heterocycles. The number of amides is 1. The van der Waals surface area contributed by atoms with Crippen LogP contribution in [0.25, 0.3) is 22.5 Å². The monoisotopic (exact) mass is 467 g/mol. The molecule has 2 aromatic carbocycles. The molecule has 1 aliphatic rings. The van der Waals surface area contributed by atoms with E-state index in [1.807, 2.05) is 39.9 Å². The number of nitrogens with zero attached hydrogens (tertiary/aromatic N) is 5. The summed E-state index contributed by atoms with van der Waals surface area (Å²) in [7, 11) is 1.61. The second-order valence-corrected chi connectivity index (χ2v) is 8.95. The van der Waals surface area contributed by atoms with E-state index >= 15 is 0 Å². The molecule has 178 valence electrons. The second kappa shape index (κ2) is 10.1. The van der Waals surface area contributed by atoms with Crippen LogP contribution in [-0.2, 0) is 11.3 Å². The Labute approximate surface area is 205 Å². The maximum absolute atomic E-state index is 13.3. The summed E-state index contributed by atoms with van der Waals surface area (Å²) in [6.07, 6.45) is 3.27. The fraction of sp³-hybridized carbons (Fsp3) is 0.286. The van der Waals surface area contributed by atoms with Gasteiger partial charge in [0.05, 0.1) is 24.2 Å². The lowest BCUT2D eigenvalue weighted by Crippen LogP contribution is -2.40. The van der Waals surface area contributed by atoms with Gasteiger partial charge in [0.1, 0.15) is 12.9 Å². The molecule has 7 heteroatoms. The highest BCUT2D eigenvalue weighted by atomic mass is 16.5. The van der Waals surface area contributed by atoms with E-state index in [1.165, 1.54) is 5.56 Å². The van der Waals surface area contributed by atoms with E-state index in [4.69, 9.17) is 9.84 Å². The lowest BCUT2D eigenvalue weighted by atomic mass is 9.93. The summed E-state index contributed by atoms with van der Waals surface area (Å²) < 4.78 is 7.08. The second-order valence-electron chi connectivity index (χ2n) is 8.95. The molecule has 1 amide bonds. The molecule has 0 spiro atoms. The summed E-state index contributed by atoms with van der Waals surface area (Å²) in [5, 5.41) is 4.85. The van der Waals surface area contributed by atoms with Crippen LogP contribution in [0.5, 0.6) is 5.88 Å². The third kappa shape index (κ3) is 5.09. The Morgan fingerprint density at radius 3 is 2.49 bits per heavy atom. The van der Waals surface area contributed by atoms with Crippen molar-refractivity contribution in [2.45, 2.75) is 32.2 Å². The molecule has 0 atom stereocenters. The quantitative estimate of drug-likeness (QED) is 0.410. The largest absolute Gasteiger partial charge is 0.481 e. The van der Waals surface area contributed by atoms with Gasteiger partial charge in [-0.25, -0.2) is 9.97 Å². The van der Waals surface area contributed by atoms with E-state index in [0.29, 0.717) is 24.9 Å². The van der Waals surface area contributed by atoms with Crippen molar-refractivity contribution in [3.63, 3.8) is 0 Å². The molecular weight excluding hydrogens is 438 g/mol. The van der Waals surface area contributed by atoms with Crippen LogP contribution >= 0.6 is 0 Å². The summed E-state index contributed by atoms with van der Waals surface area (Å²) in [5.74, 6) is 0.957. The lowest BCUT2D eigenvalue weighted by Gasteiger charge is -2.32. The number of likely N-dealkylation sites (tertiary alicyclic amines) is 1. The SMILES string of the molecule is COc1cc(C2CCN(C(=O)Cn3nc(-c4cccc(C)c4)cc3-c3ccccc3)CC2)ncn1. The number of carbonyl (C=O) groups excluding carboxylic acids is 1. The molecule has 0 N–H and O–H groups in total. The Morgan fingerprint density at radius 1 is 0.971 bits per heavy atom. The summed E-state index contributed by atoms with van der Waals surface area (Å²) in [5.41, 5.74) is 6.07. The van der Waals surface area contributed by atoms with Crippen LogP contribution in [0, 0.1) is 6.92 Å². The molecule has 2 aromatic heterocycles. The van der Waals surface area contributed by atoms with Gasteiger partial charge in [0.25, 0.3) is 0 Å². The van der Waals surface area contributed by atoms with Gasteiger partial charge in [-0.05, 0) is 37.5 Å². The number of rotatable bonds is 6. The van der Waals surface area contributed by atoms with Crippen LogP contribution < -0.4 is 4.74 Å². The van der Waals surface area contributed by atoms with Crippen LogP contribution in [0.1, 0.15) is 30.0 Å². The van der Waals surface area contributed by atoms with Crippen LogP contribution in [0.4, 0.5) is 0 Å². The summed E-state index contributed by atoms with van der Waals surface area (Å²) in [4.78, 5) is 23.8. The van der Waals surface area contributed by atoms with E-state index in [-0.39, 0.29) is 12.5 Å². The number of ether oxygens (including phenoxy) is 1. The Kier molecular flexibility index (Phi) is 6.57. The third-order valence-electron chi connectivity index (χ3n) is 6.59. The number of carbonyl (C=O) groups is 1. The highest BCUT2D eigenvalue weighted by Crippen LogP contribution is 2.29. The van der Waals surface area contributed by atoms with Gasteiger partial charge in [-0.1, -0.05) is 54.1 Å². The van der Waals surface area contributed by atoms with Crippen molar-refractivity contribution < 1.29 is 9.53 Å². The average Bonchev–Trinajstić information content (AvgIpc) is 3.33. The van der Waals surface area contributed by atoms with E-state index in [1.54, 1.807) is 13.4 Å². The van der Waals surface area contributed by atoms with Gasteiger partial charge in [-0.15, -0.1) is 0 Å². The number of aromatic nitrogens is 4. The minimum atomic E-state index is 0.0831. The first-order valence-corrected chi connectivity index (χ1v) is 11.9. The molecule has 4 aromatic rings. The first kappa shape index (κ1) is 22.8. The molecule has 7 nitrogen and oxygen atoms in total. The standard InChI is InChI=1S/C28H29N5O2/c1-20-7-6-10-23(15-20)25-16-26(22-8-4-3-5-9-22)33(31-25)18-28(34)32-13-11-21(12-14-32)24-17-27(35-2)30-19-29-24/h3-10,15-17,19,21H,11-14,18H2,1-2H3. The van der Waals surface area contributed by atoms with Crippen molar-refractivity contribution in [1.82, 2.24) is 24.6 Å². The maximum Gasteiger partial charge on any atom is 0.244 e. The van der Waals surface area contributed by atoms with Gasteiger partial charge >= 0.3 is 0 Å². The van der Waals surface area contributed by atoms with Gasteiger partial charge in [-0.3, -0.25) is 9.48 Å². The number of methoxy groups -OCH3 is 1. The zero-order valence-electron chi connectivity index (χ0n) is 20.1. The lowest BCUT2D eigenvalue weighted by molar-refractivity contribution is -0.133. The molecule has 1 fully saturated rings. The van der Waals surface area contributed by atoms with Crippen molar-refractivity contribution in [1.29, 1.82) is 0 Å². The maximum atomic E-state index is 13.3. The molecule has 1 aliphatic heterocycles. The first-order chi connectivity index (χ1) is 17.1.